The summed E-state index contributed by atoms with van der Waals surface area (Å²) in [5.41, 5.74) is 4.23. The van der Waals surface area contributed by atoms with Gasteiger partial charge in [0.15, 0.2) is 5.11 Å². The fourth-order valence-electron chi connectivity index (χ4n) is 3.07. The van der Waals surface area contributed by atoms with Crippen molar-refractivity contribution in [1.29, 1.82) is 0 Å². The number of rotatable bonds is 10. The third-order valence-electron chi connectivity index (χ3n) is 5.01. The van der Waals surface area contributed by atoms with Crippen molar-refractivity contribution in [3.05, 3.63) is 53.6 Å². The molecular formula is C24H30Cl3N5OS. The number of halogens is 3. The lowest BCUT2D eigenvalue weighted by atomic mass is 10.1. The molecule has 0 fully saturated rings. The number of nitrogens with zero attached hydrogens (tertiary/aromatic N) is 2. The highest BCUT2D eigenvalue weighted by Gasteiger charge is 2.34. The maximum absolute atomic E-state index is 12.3. The minimum atomic E-state index is -1.79. The van der Waals surface area contributed by atoms with Crippen LogP contribution in [0.4, 0.5) is 17.1 Å². The fraction of sp³-hybridized carbons (Fsp3) is 0.417. The first kappa shape index (κ1) is 28.3. The molecule has 0 radical (unpaired) electrons. The Bertz CT molecular complexity index is 1010. The van der Waals surface area contributed by atoms with Crippen LogP contribution in [-0.2, 0) is 4.79 Å². The summed E-state index contributed by atoms with van der Waals surface area (Å²) >= 11 is 23.6. The number of hydrogen-bond acceptors (Lipinski definition) is 4. The highest BCUT2D eigenvalue weighted by Crippen LogP contribution is 2.30. The van der Waals surface area contributed by atoms with Gasteiger partial charge in [-0.05, 0) is 67.9 Å². The van der Waals surface area contributed by atoms with Crippen LogP contribution in [0.2, 0.25) is 0 Å². The summed E-state index contributed by atoms with van der Waals surface area (Å²) in [5, 5.41) is 17.5. The zero-order chi connectivity index (χ0) is 25.1. The number of nitrogens with one attached hydrogen (secondary N) is 3. The zero-order valence-corrected chi connectivity index (χ0v) is 22.6. The predicted octanol–water partition coefficient (Wildman–Crippen LogP) is 7.79. The van der Waals surface area contributed by atoms with E-state index in [4.69, 9.17) is 47.0 Å². The van der Waals surface area contributed by atoms with Gasteiger partial charge in [-0.3, -0.25) is 4.79 Å². The van der Waals surface area contributed by atoms with Crippen LogP contribution in [0.3, 0.4) is 0 Å². The molecule has 6 nitrogen and oxygen atoms in total. The van der Waals surface area contributed by atoms with E-state index in [9.17, 15) is 4.79 Å². The lowest BCUT2D eigenvalue weighted by Crippen LogP contribution is -2.56. The summed E-state index contributed by atoms with van der Waals surface area (Å²) in [5.74, 6) is -0.206. The van der Waals surface area contributed by atoms with E-state index in [-0.39, 0.29) is 11.0 Å². The van der Waals surface area contributed by atoms with Gasteiger partial charge in [0.1, 0.15) is 6.17 Å². The molecular weight excluding hydrogens is 513 g/mol. The largest absolute Gasteiger partial charge is 0.339 e. The third kappa shape index (κ3) is 9.74. The Kier molecular flexibility index (Phi) is 11.5. The maximum atomic E-state index is 12.3. The van der Waals surface area contributed by atoms with E-state index in [1.54, 1.807) is 0 Å². The quantitative estimate of drug-likeness (QED) is 0.0941. The molecule has 0 bridgehead atoms. The minimum absolute atomic E-state index is 0.206. The Morgan fingerprint density at radius 1 is 1.00 bits per heavy atom. The van der Waals surface area contributed by atoms with Crippen molar-refractivity contribution < 1.29 is 4.79 Å². The Morgan fingerprint density at radius 2 is 1.74 bits per heavy atom. The standard InChI is InChI=1S/C24H30Cl3N5OS/c1-4-5-6-7-12-21(33)29-22(24(25,26)27)30-23(34)28-19-14-13-18(15-17(19)3)31-32-20-11-9-8-10-16(20)2/h8-11,13-15,22H,4-7,12H2,1-3H3,(H,29,33)(H2,28,30,34). The summed E-state index contributed by atoms with van der Waals surface area (Å²) in [4.78, 5) is 12.3. The summed E-state index contributed by atoms with van der Waals surface area (Å²) in [6.07, 6.45) is 3.31. The molecule has 2 aromatic rings. The van der Waals surface area contributed by atoms with Gasteiger partial charge in [0, 0.05) is 12.1 Å². The van der Waals surface area contributed by atoms with Crippen LogP contribution in [0.15, 0.2) is 52.7 Å². The molecule has 0 aromatic heterocycles. The molecule has 34 heavy (non-hydrogen) atoms. The lowest BCUT2D eigenvalue weighted by Gasteiger charge is -2.28. The molecule has 0 heterocycles. The molecule has 3 N–H and O–H groups in total. The van der Waals surface area contributed by atoms with Crippen LogP contribution in [0.25, 0.3) is 0 Å². The normalized spacial score (nSPS) is 12.4. The second-order valence-electron chi connectivity index (χ2n) is 7.94. The summed E-state index contributed by atoms with van der Waals surface area (Å²) in [6, 6.07) is 13.3. The van der Waals surface area contributed by atoms with E-state index >= 15 is 0 Å². The second-order valence-corrected chi connectivity index (χ2v) is 10.7. The Hall–Kier alpha value is -1.93. The number of azo groups is 1. The van der Waals surface area contributed by atoms with Gasteiger partial charge in [0.2, 0.25) is 9.70 Å². The van der Waals surface area contributed by atoms with Crippen molar-refractivity contribution in [1.82, 2.24) is 10.6 Å². The molecule has 1 unspecified atom stereocenters. The Labute approximate surface area is 221 Å². The van der Waals surface area contributed by atoms with Gasteiger partial charge in [0.25, 0.3) is 0 Å². The Balaban J connectivity index is 1.98. The molecule has 1 amide bonds. The first-order valence-corrected chi connectivity index (χ1v) is 12.7. The van der Waals surface area contributed by atoms with Gasteiger partial charge >= 0.3 is 0 Å². The molecule has 0 aliphatic heterocycles. The van der Waals surface area contributed by atoms with Crippen molar-refractivity contribution >= 4 is 75.1 Å². The van der Waals surface area contributed by atoms with Crippen LogP contribution in [0.5, 0.6) is 0 Å². The zero-order valence-electron chi connectivity index (χ0n) is 19.5. The summed E-state index contributed by atoms with van der Waals surface area (Å²) in [6.45, 7) is 6.02. The van der Waals surface area contributed by atoms with E-state index in [0.717, 1.165) is 48.2 Å². The number of thiocarbonyl (C=S) groups is 1. The first-order valence-electron chi connectivity index (χ1n) is 11.1. The molecule has 0 aliphatic carbocycles. The number of anilines is 1. The van der Waals surface area contributed by atoms with Gasteiger partial charge in [-0.25, -0.2) is 0 Å². The highest BCUT2D eigenvalue weighted by molar-refractivity contribution is 7.80. The van der Waals surface area contributed by atoms with Crippen LogP contribution < -0.4 is 16.0 Å². The van der Waals surface area contributed by atoms with Gasteiger partial charge in [-0.15, -0.1) is 0 Å². The molecule has 0 aliphatic rings. The Morgan fingerprint density at radius 3 is 2.38 bits per heavy atom. The van der Waals surface area contributed by atoms with Crippen LogP contribution in [0, 0.1) is 13.8 Å². The topological polar surface area (TPSA) is 77.9 Å². The van der Waals surface area contributed by atoms with Crippen molar-refractivity contribution in [3.63, 3.8) is 0 Å². The molecule has 2 aromatic carbocycles. The molecule has 10 heteroatoms. The number of hydrogen-bond donors (Lipinski definition) is 3. The smallest absolute Gasteiger partial charge is 0.228 e. The molecule has 0 spiro atoms. The second kappa shape index (κ2) is 13.8. The molecule has 2 rings (SSSR count). The molecule has 0 saturated carbocycles. The number of amides is 1. The maximum Gasteiger partial charge on any atom is 0.228 e. The highest BCUT2D eigenvalue weighted by atomic mass is 35.6. The van der Waals surface area contributed by atoms with Crippen molar-refractivity contribution in [3.8, 4) is 0 Å². The van der Waals surface area contributed by atoms with E-state index < -0.39 is 9.96 Å². The number of benzene rings is 2. The van der Waals surface area contributed by atoms with Crippen LogP contribution in [-0.4, -0.2) is 21.0 Å². The van der Waals surface area contributed by atoms with Gasteiger partial charge in [-0.2, -0.15) is 10.2 Å². The monoisotopic (exact) mass is 541 g/mol. The summed E-state index contributed by atoms with van der Waals surface area (Å²) < 4.78 is -1.79. The van der Waals surface area contributed by atoms with E-state index in [0.29, 0.717) is 12.1 Å². The van der Waals surface area contributed by atoms with Crippen LogP contribution in [0.1, 0.15) is 50.2 Å². The number of aryl methyl sites for hydroxylation is 2. The SMILES string of the molecule is CCCCCCC(=O)NC(NC(=S)Nc1ccc(N=Nc2ccccc2C)cc1C)C(Cl)(Cl)Cl. The first-order chi connectivity index (χ1) is 16.1. The van der Waals surface area contributed by atoms with Crippen molar-refractivity contribution in [2.45, 2.75) is 62.8 Å². The lowest BCUT2D eigenvalue weighted by molar-refractivity contribution is -0.122. The number of carbonyl (C=O) groups excluding carboxylic acids is 1. The molecule has 0 saturated heterocycles. The number of unbranched alkanes of at least 4 members (excludes halogenated alkanes) is 3. The van der Waals surface area contributed by atoms with Crippen molar-refractivity contribution in [2.24, 2.45) is 10.2 Å². The van der Waals surface area contributed by atoms with Gasteiger partial charge in [0.05, 0.1) is 11.4 Å². The number of alkyl halides is 3. The van der Waals surface area contributed by atoms with E-state index in [1.165, 1.54) is 0 Å². The fourth-order valence-corrected chi connectivity index (χ4v) is 3.63. The van der Waals surface area contributed by atoms with Gasteiger partial charge in [-0.1, -0.05) is 79.2 Å². The minimum Gasteiger partial charge on any atom is -0.339 e. The van der Waals surface area contributed by atoms with Gasteiger partial charge < -0.3 is 16.0 Å². The number of carbonyl (C=O) groups is 1. The average Bonchev–Trinajstić information content (AvgIpc) is 2.77. The van der Waals surface area contributed by atoms with E-state index in [2.05, 4.69) is 33.1 Å². The molecule has 184 valence electrons. The molecule has 1 atom stereocenters. The average molecular weight is 543 g/mol. The van der Waals surface area contributed by atoms with E-state index in [1.807, 2.05) is 56.3 Å². The predicted molar refractivity (Wildman–Crippen MR) is 147 cm³/mol. The van der Waals surface area contributed by atoms with Crippen LogP contribution >= 0.6 is 47.0 Å². The third-order valence-corrected chi connectivity index (χ3v) is 5.89. The summed E-state index contributed by atoms with van der Waals surface area (Å²) in [7, 11) is 0. The van der Waals surface area contributed by atoms with Crippen molar-refractivity contribution in [2.75, 3.05) is 5.32 Å².